The van der Waals surface area contributed by atoms with Crippen LogP contribution < -0.4 is 0 Å². The third-order valence-corrected chi connectivity index (χ3v) is 5.07. The normalized spacial score (nSPS) is 11.2. The summed E-state index contributed by atoms with van der Waals surface area (Å²) in [6, 6.07) is 6.07. The zero-order valence-electron chi connectivity index (χ0n) is 13.7. The number of hydrogen-bond donors (Lipinski definition) is 0. The molecule has 3 heterocycles. The van der Waals surface area contributed by atoms with E-state index in [0.29, 0.717) is 34.9 Å². The van der Waals surface area contributed by atoms with Gasteiger partial charge in [-0.25, -0.2) is 14.4 Å². The van der Waals surface area contributed by atoms with Gasteiger partial charge in [0.2, 0.25) is 11.8 Å². The van der Waals surface area contributed by atoms with Gasteiger partial charge in [0.15, 0.2) is 5.76 Å². The summed E-state index contributed by atoms with van der Waals surface area (Å²) >= 11 is 2.94. The zero-order chi connectivity index (χ0) is 17.9. The Balaban J connectivity index is 1.36. The van der Waals surface area contributed by atoms with Crippen LogP contribution in [0.25, 0.3) is 11.3 Å². The monoisotopic (exact) mass is 388 g/mol. The van der Waals surface area contributed by atoms with Crippen molar-refractivity contribution in [2.24, 2.45) is 0 Å². The molecular formula is C17H13FN4O2S2. The first-order valence-corrected chi connectivity index (χ1v) is 9.59. The molecule has 9 heteroatoms. The van der Waals surface area contributed by atoms with Crippen LogP contribution in [0.15, 0.2) is 49.9 Å². The largest absolute Gasteiger partial charge is 0.440 e. The third kappa shape index (κ3) is 4.00. The van der Waals surface area contributed by atoms with Gasteiger partial charge in [-0.15, -0.1) is 21.5 Å². The van der Waals surface area contributed by atoms with Crippen molar-refractivity contribution in [3.05, 3.63) is 64.1 Å². The molecule has 0 aliphatic heterocycles. The molecule has 0 fully saturated rings. The van der Waals surface area contributed by atoms with Crippen molar-refractivity contribution in [2.75, 3.05) is 0 Å². The topological polar surface area (TPSA) is 77.8 Å². The standard InChI is InChI=1S/C17H13FN4O2S2/c1-10-20-13(8-25-10)6-15-21-22-17(24-15)26-9-16-19-7-14(23-16)11-2-4-12(18)5-3-11/h2-5,7-8H,6,9H2,1H3. The van der Waals surface area contributed by atoms with Crippen LogP contribution in [-0.4, -0.2) is 20.2 Å². The number of benzene rings is 1. The van der Waals surface area contributed by atoms with Crippen molar-refractivity contribution < 1.29 is 13.2 Å². The molecule has 26 heavy (non-hydrogen) atoms. The molecule has 3 aromatic heterocycles. The highest BCUT2D eigenvalue weighted by atomic mass is 32.2. The van der Waals surface area contributed by atoms with E-state index in [1.54, 1.807) is 29.7 Å². The van der Waals surface area contributed by atoms with Crippen LogP contribution in [0, 0.1) is 12.7 Å². The molecule has 0 saturated carbocycles. The molecule has 0 atom stereocenters. The van der Waals surface area contributed by atoms with Crippen molar-refractivity contribution in [1.29, 1.82) is 0 Å². The van der Waals surface area contributed by atoms with E-state index in [0.717, 1.165) is 16.3 Å². The second-order valence-electron chi connectivity index (χ2n) is 5.41. The Morgan fingerprint density at radius 3 is 2.73 bits per heavy atom. The van der Waals surface area contributed by atoms with Crippen molar-refractivity contribution in [1.82, 2.24) is 20.2 Å². The van der Waals surface area contributed by atoms with Crippen LogP contribution in [0.3, 0.4) is 0 Å². The maximum atomic E-state index is 13.0. The van der Waals surface area contributed by atoms with Gasteiger partial charge >= 0.3 is 0 Å². The summed E-state index contributed by atoms with van der Waals surface area (Å²) in [6.45, 7) is 1.96. The average molecular weight is 388 g/mol. The summed E-state index contributed by atoms with van der Waals surface area (Å²) in [4.78, 5) is 8.61. The second kappa shape index (κ2) is 7.38. The summed E-state index contributed by atoms with van der Waals surface area (Å²) in [5.41, 5.74) is 1.69. The summed E-state index contributed by atoms with van der Waals surface area (Å²) < 4.78 is 24.3. The lowest BCUT2D eigenvalue weighted by molar-refractivity contribution is 0.418. The number of thiazole rings is 1. The Morgan fingerprint density at radius 1 is 1.12 bits per heavy atom. The minimum absolute atomic E-state index is 0.288. The minimum Gasteiger partial charge on any atom is -0.440 e. The number of halogens is 1. The van der Waals surface area contributed by atoms with Gasteiger partial charge in [-0.2, -0.15) is 0 Å². The number of rotatable bonds is 6. The molecule has 4 aromatic rings. The van der Waals surface area contributed by atoms with Gasteiger partial charge in [0.1, 0.15) is 5.82 Å². The molecular weight excluding hydrogens is 375 g/mol. The summed E-state index contributed by atoms with van der Waals surface area (Å²) in [7, 11) is 0. The quantitative estimate of drug-likeness (QED) is 0.450. The van der Waals surface area contributed by atoms with Gasteiger partial charge in [0.25, 0.3) is 5.22 Å². The molecule has 0 saturated heterocycles. The molecule has 6 nitrogen and oxygen atoms in total. The highest BCUT2D eigenvalue weighted by Crippen LogP contribution is 2.26. The molecule has 4 rings (SSSR count). The number of aryl methyl sites for hydroxylation is 1. The SMILES string of the molecule is Cc1nc(Cc2nnc(SCc3ncc(-c4ccc(F)cc4)o3)o2)cs1. The Bertz CT molecular complexity index is 1010. The number of nitrogens with zero attached hydrogens (tertiary/aromatic N) is 4. The fourth-order valence-electron chi connectivity index (χ4n) is 2.26. The maximum absolute atomic E-state index is 13.0. The predicted octanol–water partition coefficient (Wildman–Crippen LogP) is 4.51. The highest BCUT2D eigenvalue weighted by Gasteiger charge is 2.12. The van der Waals surface area contributed by atoms with E-state index in [-0.39, 0.29) is 5.82 Å². The number of thioether (sulfide) groups is 1. The molecule has 0 unspecified atom stereocenters. The van der Waals surface area contributed by atoms with Crippen LogP contribution in [-0.2, 0) is 12.2 Å². The third-order valence-electron chi connectivity index (χ3n) is 3.45. The number of oxazole rings is 1. The smallest absolute Gasteiger partial charge is 0.277 e. The molecule has 0 aliphatic carbocycles. The molecule has 132 valence electrons. The Kier molecular flexibility index (Phi) is 4.81. The van der Waals surface area contributed by atoms with Crippen LogP contribution in [0.4, 0.5) is 4.39 Å². The van der Waals surface area contributed by atoms with Crippen molar-refractivity contribution >= 4 is 23.1 Å². The fourth-order valence-corrected chi connectivity index (χ4v) is 3.51. The van der Waals surface area contributed by atoms with Gasteiger partial charge in [-0.3, -0.25) is 0 Å². The van der Waals surface area contributed by atoms with Crippen LogP contribution in [0.5, 0.6) is 0 Å². The molecule has 0 N–H and O–H groups in total. The van der Waals surface area contributed by atoms with Crippen molar-refractivity contribution in [3.8, 4) is 11.3 Å². The number of hydrogen-bond acceptors (Lipinski definition) is 8. The molecule has 1 aromatic carbocycles. The van der Waals surface area contributed by atoms with E-state index >= 15 is 0 Å². The van der Waals surface area contributed by atoms with E-state index in [9.17, 15) is 4.39 Å². The Morgan fingerprint density at radius 2 is 1.96 bits per heavy atom. The van der Waals surface area contributed by atoms with E-state index in [4.69, 9.17) is 8.83 Å². The number of aromatic nitrogens is 4. The first-order chi connectivity index (χ1) is 12.7. The van der Waals surface area contributed by atoms with Crippen LogP contribution in [0.1, 0.15) is 22.5 Å². The van der Waals surface area contributed by atoms with Crippen molar-refractivity contribution in [2.45, 2.75) is 24.3 Å². The lowest BCUT2D eigenvalue weighted by Crippen LogP contribution is -1.88. The van der Waals surface area contributed by atoms with Gasteiger partial charge in [0, 0.05) is 10.9 Å². The van der Waals surface area contributed by atoms with Crippen LogP contribution >= 0.6 is 23.1 Å². The minimum atomic E-state index is -0.288. The van der Waals surface area contributed by atoms with E-state index in [1.165, 1.54) is 23.9 Å². The fraction of sp³-hybridized carbons (Fsp3) is 0.176. The highest BCUT2D eigenvalue weighted by molar-refractivity contribution is 7.98. The predicted molar refractivity (Wildman–Crippen MR) is 95.4 cm³/mol. The van der Waals surface area contributed by atoms with Crippen molar-refractivity contribution in [3.63, 3.8) is 0 Å². The first-order valence-electron chi connectivity index (χ1n) is 7.72. The zero-order valence-corrected chi connectivity index (χ0v) is 15.3. The molecule has 0 radical (unpaired) electrons. The molecule has 0 spiro atoms. The van der Waals surface area contributed by atoms with E-state index in [1.807, 2.05) is 12.3 Å². The van der Waals surface area contributed by atoms with Gasteiger partial charge in [-0.05, 0) is 31.2 Å². The Hall–Kier alpha value is -2.52. The maximum Gasteiger partial charge on any atom is 0.277 e. The van der Waals surface area contributed by atoms with Crippen LogP contribution in [0.2, 0.25) is 0 Å². The first kappa shape index (κ1) is 16.9. The van der Waals surface area contributed by atoms with Gasteiger partial charge in [-0.1, -0.05) is 11.8 Å². The molecule has 0 aliphatic rings. The Labute approximate surface area is 156 Å². The summed E-state index contributed by atoms with van der Waals surface area (Å²) in [5, 5.41) is 11.5. The van der Waals surface area contributed by atoms with E-state index < -0.39 is 0 Å². The average Bonchev–Trinajstić information content (AvgIpc) is 3.36. The summed E-state index contributed by atoms with van der Waals surface area (Å²) in [5.74, 6) is 1.81. The second-order valence-corrected chi connectivity index (χ2v) is 7.40. The molecule has 0 amide bonds. The van der Waals surface area contributed by atoms with Gasteiger partial charge in [0.05, 0.1) is 29.1 Å². The van der Waals surface area contributed by atoms with Gasteiger partial charge < -0.3 is 8.83 Å². The lowest BCUT2D eigenvalue weighted by Gasteiger charge is -1.95. The summed E-state index contributed by atoms with van der Waals surface area (Å²) in [6.07, 6.45) is 2.14. The van der Waals surface area contributed by atoms with E-state index in [2.05, 4.69) is 20.2 Å². The lowest BCUT2D eigenvalue weighted by atomic mass is 10.2. The molecule has 0 bridgehead atoms.